The Hall–Kier alpha value is -3.65. The van der Waals surface area contributed by atoms with Crippen LogP contribution in [-0.2, 0) is 13.0 Å². The van der Waals surface area contributed by atoms with Gasteiger partial charge in [-0.15, -0.1) is 0 Å². The Morgan fingerprint density at radius 2 is 1.81 bits per heavy atom. The average Bonchev–Trinajstić information content (AvgIpc) is 2.96. The topological polar surface area (TPSA) is 67.6 Å². The van der Waals surface area contributed by atoms with Gasteiger partial charge in [-0.1, -0.05) is 54.6 Å². The Kier molecular flexibility index (Phi) is 4.31. The molecule has 0 unspecified atom stereocenters. The lowest BCUT2D eigenvalue weighted by atomic mass is 10.00. The molecule has 1 aromatic heterocycles. The van der Waals surface area contributed by atoms with Gasteiger partial charge in [-0.2, -0.15) is 10.4 Å². The molecule has 4 aromatic rings. The molecular weight excluding hydrogens is 339 g/mol. The van der Waals surface area contributed by atoms with Gasteiger partial charge in [0.15, 0.2) is 0 Å². The van der Waals surface area contributed by atoms with Crippen LogP contribution in [0, 0.1) is 17.1 Å². The van der Waals surface area contributed by atoms with Gasteiger partial charge in [0.25, 0.3) is 0 Å². The number of halogens is 1. The number of nitriles is 1. The van der Waals surface area contributed by atoms with Gasteiger partial charge in [-0.3, -0.25) is 0 Å². The van der Waals surface area contributed by atoms with E-state index in [9.17, 15) is 9.65 Å². The van der Waals surface area contributed by atoms with E-state index in [0.29, 0.717) is 30.0 Å². The molecule has 0 fully saturated rings. The van der Waals surface area contributed by atoms with Crippen molar-refractivity contribution in [1.29, 1.82) is 5.26 Å². The van der Waals surface area contributed by atoms with Crippen LogP contribution >= 0.6 is 0 Å². The summed E-state index contributed by atoms with van der Waals surface area (Å²) >= 11 is 0. The number of rotatable bonds is 4. The molecule has 0 bridgehead atoms. The van der Waals surface area contributed by atoms with Crippen LogP contribution in [0.15, 0.2) is 66.7 Å². The minimum Gasteiger partial charge on any atom is -0.383 e. The Labute approximate surface area is 156 Å². The Balaban J connectivity index is 1.72. The number of aromatic nitrogens is 2. The molecule has 27 heavy (non-hydrogen) atoms. The molecule has 0 saturated carbocycles. The van der Waals surface area contributed by atoms with Crippen LogP contribution in [0.2, 0.25) is 0 Å². The van der Waals surface area contributed by atoms with Crippen LogP contribution < -0.4 is 5.73 Å². The highest BCUT2D eigenvalue weighted by Crippen LogP contribution is 2.25. The Morgan fingerprint density at radius 3 is 2.63 bits per heavy atom. The lowest BCUT2D eigenvalue weighted by Crippen LogP contribution is -2.06. The molecule has 132 valence electrons. The zero-order chi connectivity index (χ0) is 18.8. The first-order chi connectivity index (χ1) is 13.2. The van der Waals surface area contributed by atoms with Gasteiger partial charge in [0.05, 0.1) is 12.2 Å². The normalized spacial score (nSPS) is 10.8. The third-order valence-corrected chi connectivity index (χ3v) is 4.64. The molecule has 1 heterocycles. The first-order valence-electron chi connectivity index (χ1n) is 8.62. The molecule has 0 spiro atoms. The van der Waals surface area contributed by atoms with Gasteiger partial charge in [-0.25, -0.2) is 9.07 Å². The quantitative estimate of drug-likeness (QED) is 0.594. The van der Waals surface area contributed by atoms with Crippen LogP contribution in [0.1, 0.15) is 22.4 Å². The van der Waals surface area contributed by atoms with Crippen molar-refractivity contribution in [3.8, 4) is 6.07 Å². The second-order valence-electron chi connectivity index (χ2n) is 6.42. The lowest BCUT2D eigenvalue weighted by molar-refractivity contribution is 0.619. The van der Waals surface area contributed by atoms with E-state index >= 15 is 0 Å². The predicted octanol–water partition coefficient (Wildman–Crippen LogP) is 4.27. The first kappa shape index (κ1) is 16.8. The summed E-state index contributed by atoms with van der Waals surface area (Å²) in [6, 6.07) is 22.6. The van der Waals surface area contributed by atoms with Crippen LogP contribution in [-0.4, -0.2) is 9.78 Å². The molecule has 0 saturated heterocycles. The number of benzene rings is 3. The van der Waals surface area contributed by atoms with E-state index in [-0.39, 0.29) is 5.82 Å². The summed E-state index contributed by atoms with van der Waals surface area (Å²) < 4.78 is 15.0. The Morgan fingerprint density at radius 1 is 1.04 bits per heavy atom. The molecule has 5 heteroatoms. The van der Waals surface area contributed by atoms with Crippen molar-refractivity contribution < 1.29 is 4.39 Å². The Bertz CT molecular complexity index is 1170. The molecule has 2 N–H and O–H groups in total. The van der Waals surface area contributed by atoms with Crippen molar-refractivity contribution in [2.75, 3.05) is 5.73 Å². The number of hydrogen-bond donors (Lipinski definition) is 1. The van der Waals surface area contributed by atoms with E-state index in [0.717, 1.165) is 21.9 Å². The standard InChI is InChI=1S/C22H17FN4/c23-18-9-3-5-15(11-18)14-27-22(25)20(13-24)21(26-27)12-17-8-4-7-16-6-1-2-10-19(16)17/h1-11H,12,14,25H2. The van der Waals surface area contributed by atoms with Crippen molar-refractivity contribution in [3.05, 3.63) is 94.9 Å². The van der Waals surface area contributed by atoms with E-state index in [1.807, 2.05) is 24.3 Å². The largest absolute Gasteiger partial charge is 0.383 e. The van der Waals surface area contributed by atoms with Gasteiger partial charge >= 0.3 is 0 Å². The lowest BCUT2D eigenvalue weighted by Gasteiger charge is -2.05. The van der Waals surface area contributed by atoms with E-state index < -0.39 is 0 Å². The van der Waals surface area contributed by atoms with E-state index in [2.05, 4.69) is 29.4 Å². The van der Waals surface area contributed by atoms with E-state index in [1.54, 1.807) is 16.8 Å². The maximum absolute atomic E-state index is 13.4. The van der Waals surface area contributed by atoms with Gasteiger partial charge in [0.2, 0.25) is 0 Å². The second-order valence-corrected chi connectivity index (χ2v) is 6.42. The van der Waals surface area contributed by atoms with Crippen molar-refractivity contribution in [2.45, 2.75) is 13.0 Å². The van der Waals surface area contributed by atoms with Gasteiger partial charge in [-0.05, 0) is 34.0 Å². The number of nitrogen functional groups attached to an aromatic ring is 1. The maximum Gasteiger partial charge on any atom is 0.140 e. The summed E-state index contributed by atoms with van der Waals surface area (Å²) in [6.45, 7) is 0.313. The highest BCUT2D eigenvalue weighted by molar-refractivity contribution is 5.86. The van der Waals surface area contributed by atoms with E-state index in [1.165, 1.54) is 12.1 Å². The molecule has 0 amide bonds. The molecule has 0 atom stereocenters. The molecule has 4 rings (SSSR count). The highest BCUT2D eigenvalue weighted by atomic mass is 19.1. The molecule has 0 aliphatic rings. The van der Waals surface area contributed by atoms with Crippen molar-refractivity contribution in [3.63, 3.8) is 0 Å². The zero-order valence-electron chi connectivity index (χ0n) is 14.6. The van der Waals surface area contributed by atoms with E-state index in [4.69, 9.17) is 5.73 Å². The fourth-order valence-corrected chi connectivity index (χ4v) is 3.33. The number of hydrogen-bond acceptors (Lipinski definition) is 3. The average molecular weight is 356 g/mol. The monoisotopic (exact) mass is 356 g/mol. The van der Waals surface area contributed by atoms with Crippen molar-refractivity contribution >= 4 is 16.6 Å². The summed E-state index contributed by atoms with van der Waals surface area (Å²) in [7, 11) is 0. The van der Waals surface area contributed by atoms with Crippen LogP contribution in [0.4, 0.5) is 10.2 Å². The molecule has 0 radical (unpaired) electrons. The SMILES string of the molecule is N#Cc1c(Cc2cccc3ccccc23)nn(Cc2cccc(F)c2)c1N. The number of anilines is 1. The summed E-state index contributed by atoms with van der Waals surface area (Å²) in [6.07, 6.45) is 0.505. The molecular formula is C22H17FN4. The van der Waals surface area contributed by atoms with Gasteiger partial charge in [0.1, 0.15) is 23.3 Å². The minimum absolute atomic E-state index is 0.303. The first-order valence-corrected chi connectivity index (χ1v) is 8.62. The summed E-state index contributed by atoms with van der Waals surface area (Å²) in [5, 5.41) is 16.4. The van der Waals surface area contributed by atoms with Crippen LogP contribution in [0.5, 0.6) is 0 Å². The predicted molar refractivity (Wildman–Crippen MR) is 104 cm³/mol. The van der Waals surface area contributed by atoms with Crippen molar-refractivity contribution in [1.82, 2.24) is 9.78 Å². The third-order valence-electron chi connectivity index (χ3n) is 4.64. The number of nitrogens with zero attached hydrogens (tertiary/aromatic N) is 3. The number of nitrogens with two attached hydrogens (primary N) is 1. The minimum atomic E-state index is -0.310. The third kappa shape index (κ3) is 3.25. The summed E-state index contributed by atoms with van der Waals surface area (Å²) in [4.78, 5) is 0. The molecule has 3 aromatic carbocycles. The molecule has 0 aliphatic heterocycles. The number of fused-ring (bicyclic) bond motifs is 1. The van der Waals surface area contributed by atoms with Gasteiger partial charge in [0, 0.05) is 6.42 Å². The fourth-order valence-electron chi connectivity index (χ4n) is 3.33. The second kappa shape index (κ2) is 6.93. The maximum atomic E-state index is 13.4. The molecule has 4 nitrogen and oxygen atoms in total. The smallest absolute Gasteiger partial charge is 0.140 e. The van der Waals surface area contributed by atoms with Crippen molar-refractivity contribution in [2.24, 2.45) is 0 Å². The van der Waals surface area contributed by atoms with Gasteiger partial charge < -0.3 is 5.73 Å². The van der Waals surface area contributed by atoms with Crippen LogP contribution in [0.25, 0.3) is 10.8 Å². The zero-order valence-corrected chi connectivity index (χ0v) is 14.6. The summed E-state index contributed by atoms with van der Waals surface area (Å²) in [5.41, 5.74) is 8.98. The molecule has 0 aliphatic carbocycles. The highest BCUT2D eigenvalue weighted by Gasteiger charge is 2.17. The summed E-state index contributed by atoms with van der Waals surface area (Å²) in [5.74, 6) is -0.00768. The fraction of sp³-hybridized carbons (Fsp3) is 0.0909. The van der Waals surface area contributed by atoms with Crippen LogP contribution in [0.3, 0.4) is 0 Å².